The first kappa shape index (κ1) is 40.6. The Kier molecular flexibility index (Phi) is 9.42. The standard InChI is InChI=1S/C52H42Cl2N8O4/c1-25-34-19-39(61(47(25)34)51(63)45-32-7-5-9-41(65-3)36(32)21-43(53)59-45)49-55-23-31(57-49)16-12-27-11-13-29-18-30(15-14-28(29)17-27)38-24-56-50(58-38)40-20-35-26(2)48(35)62(40)52(64)46-33-8-6-10-42(66-4)37(33)22-44(54)60-46/h5-11,13-15,17-18,21-26,34-35,39-40,47-48H,19-20H2,1-4H3,(H,55,57)(H,56,58)/t25?,26-,34?,35?,39+,40+,47?,48?/m1/s1. The quantitative estimate of drug-likeness (QED) is 0.119. The molecule has 0 radical (unpaired) electrons. The number of hydrogen-bond donors (Lipinski definition) is 2. The highest BCUT2D eigenvalue weighted by Gasteiger charge is 2.62. The fraction of sp³-hybridized carbons (Fsp3) is 0.269. The Bertz CT molecular complexity index is 3410. The average molecular weight is 914 g/mol. The van der Waals surface area contributed by atoms with Gasteiger partial charge in [0, 0.05) is 44.8 Å². The molecular weight excluding hydrogens is 872 g/mol. The topological polar surface area (TPSA) is 142 Å². The molecule has 2 aliphatic carbocycles. The first-order valence-corrected chi connectivity index (χ1v) is 22.9. The Hall–Kier alpha value is -6.94. The lowest BCUT2D eigenvalue weighted by Gasteiger charge is -2.27. The lowest BCUT2D eigenvalue weighted by atomic mass is 10.0. The summed E-state index contributed by atoms with van der Waals surface area (Å²) in [6.07, 6.45) is 5.21. The Labute approximate surface area is 389 Å². The van der Waals surface area contributed by atoms with Crippen molar-refractivity contribution in [3.05, 3.63) is 142 Å². The molecule has 328 valence electrons. The predicted molar refractivity (Wildman–Crippen MR) is 253 cm³/mol. The zero-order chi connectivity index (χ0) is 45.1. The molecule has 2 amide bonds. The largest absolute Gasteiger partial charge is 0.496 e. The van der Waals surface area contributed by atoms with Crippen molar-refractivity contribution in [1.29, 1.82) is 0 Å². The minimum Gasteiger partial charge on any atom is -0.496 e. The number of H-pyrrole nitrogens is 2. The number of aromatic nitrogens is 6. The zero-order valence-electron chi connectivity index (χ0n) is 36.3. The molecule has 66 heavy (non-hydrogen) atoms. The third kappa shape index (κ3) is 6.50. The van der Waals surface area contributed by atoms with E-state index in [0.29, 0.717) is 68.8 Å². The number of nitrogens with one attached hydrogen (secondary N) is 2. The van der Waals surface area contributed by atoms with Crippen LogP contribution >= 0.6 is 23.2 Å². The van der Waals surface area contributed by atoms with Crippen molar-refractivity contribution in [2.75, 3.05) is 14.2 Å². The number of amides is 2. The Balaban J connectivity index is 0.769. The van der Waals surface area contributed by atoms with Crippen molar-refractivity contribution in [3.63, 3.8) is 0 Å². The van der Waals surface area contributed by atoms with Gasteiger partial charge in [-0.05, 0) is 95.7 Å². The number of piperidine rings is 2. The number of nitrogens with zero attached hydrogens (tertiary/aromatic N) is 6. The van der Waals surface area contributed by atoms with Gasteiger partial charge < -0.3 is 29.2 Å². The maximum absolute atomic E-state index is 14.5. The molecule has 0 spiro atoms. The van der Waals surface area contributed by atoms with Gasteiger partial charge >= 0.3 is 0 Å². The molecule has 2 saturated heterocycles. The highest BCUT2D eigenvalue weighted by atomic mass is 35.5. The molecule has 8 aromatic rings. The summed E-state index contributed by atoms with van der Waals surface area (Å²) in [5.41, 5.74) is 4.01. The minimum atomic E-state index is -0.243. The normalized spacial score (nSPS) is 23.7. The zero-order valence-corrected chi connectivity index (χ0v) is 37.9. The van der Waals surface area contributed by atoms with Gasteiger partial charge in [0.05, 0.1) is 44.4 Å². The molecule has 2 N–H and O–H groups in total. The van der Waals surface area contributed by atoms with Gasteiger partial charge in [-0.25, -0.2) is 19.9 Å². The monoisotopic (exact) mass is 912 g/mol. The van der Waals surface area contributed by atoms with Crippen LogP contribution in [-0.2, 0) is 0 Å². The molecule has 4 fully saturated rings. The van der Waals surface area contributed by atoms with Crippen molar-refractivity contribution in [1.82, 2.24) is 39.7 Å². The maximum Gasteiger partial charge on any atom is 0.274 e. The number of methoxy groups -OCH3 is 2. The highest BCUT2D eigenvalue weighted by molar-refractivity contribution is 6.31. The summed E-state index contributed by atoms with van der Waals surface area (Å²) in [6, 6.07) is 26.9. The van der Waals surface area contributed by atoms with E-state index in [1.807, 2.05) is 58.5 Å². The van der Waals surface area contributed by atoms with Crippen LogP contribution in [0.5, 0.6) is 11.5 Å². The third-order valence-electron chi connectivity index (χ3n) is 14.6. The number of aromatic amines is 2. The Morgan fingerprint density at radius 2 is 1.20 bits per heavy atom. The molecule has 4 aliphatic rings. The van der Waals surface area contributed by atoms with Gasteiger partial charge in [-0.2, -0.15) is 0 Å². The molecule has 2 aliphatic heterocycles. The van der Waals surface area contributed by atoms with E-state index in [-0.39, 0.29) is 46.3 Å². The van der Waals surface area contributed by atoms with E-state index in [4.69, 9.17) is 42.6 Å². The summed E-state index contributed by atoms with van der Waals surface area (Å²) in [7, 11) is 3.21. The number of fused-ring (bicyclic) bond motifs is 5. The van der Waals surface area contributed by atoms with Crippen LogP contribution in [0.3, 0.4) is 0 Å². The van der Waals surface area contributed by atoms with Crippen LogP contribution in [-0.4, -0.2) is 77.8 Å². The Morgan fingerprint density at radius 1 is 0.652 bits per heavy atom. The van der Waals surface area contributed by atoms with Gasteiger partial charge in [0.25, 0.3) is 11.8 Å². The van der Waals surface area contributed by atoms with Gasteiger partial charge in [0.15, 0.2) is 0 Å². The molecule has 14 heteroatoms. The van der Waals surface area contributed by atoms with Gasteiger partial charge in [-0.1, -0.05) is 85.4 Å². The molecule has 5 unspecified atom stereocenters. The van der Waals surface area contributed by atoms with Crippen molar-refractivity contribution < 1.29 is 19.1 Å². The van der Waals surface area contributed by atoms with Crippen molar-refractivity contribution in [2.45, 2.75) is 50.9 Å². The summed E-state index contributed by atoms with van der Waals surface area (Å²) in [4.78, 5) is 58.4. The molecule has 4 aromatic carbocycles. The summed E-state index contributed by atoms with van der Waals surface area (Å²) in [5.74, 6) is 10.5. The maximum atomic E-state index is 14.5. The smallest absolute Gasteiger partial charge is 0.274 e. The van der Waals surface area contributed by atoms with Crippen LogP contribution < -0.4 is 9.47 Å². The van der Waals surface area contributed by atoms with E-state index in [2.05, 4.69) is 76.0 Å². The molecule has 12 rings (SSSR count). The number of carbonyl (C=O) groups excluding carboxylic acids is 2. The molecule has 4 aromatic heterocycles. The van der Waals surface area contributed by atoms with E-state index in [1.165, 1.54) is 0 Å². The molecule has 2 saturated carbocycles. The summed E-state index contributed by atoms with van der Waals surface area (Å²) < 4.78 is 11.2. The van der Waals surface area contributed by atoms with Crippen LogP contribution in [0.2, 0.25) is 10.3 Å². The molecule has 0 bridgehead atoms. The molecular formula is C52H42Cl2N8O4. The molecule has 8 atom stereocenters. The van der Waals surface area contributed by atoms with Crippen LogP contribution in [0.15, 0.2) is 97.3 Å². The second-order valence-corrected chi connectivity index (χ2v) is 18.8. The van der Waals surface area contributed by atoms with Crippen LogP contribution in [0, 0.1) is 35.5 Å². The van der Waals surface area contributed by atoms with Crippen LogP contribution in [0.25, 0.3) is 43.6 Å². The first-order valence-electron chi connectivity index (χ1n) is 22.2. The lowest BCUT2D eigenvalue weighted by molar-refractivity contribution is 0.0667. The number of halogens is 2. The second-order valence-electron chi connectivity index (χ2n) is 18.0. The van der Waals surface area contributed by atoms with E-state index in [1.54, 1.807) is 32.5 Å². The number of pyridine rings is 2. The SMILES string of the molecule is COc1cccc2c(C(=O)N3C4C(C)C4C[C@H]3c3ncc(C#Cc4ccc5cc(-c6cnc([C@@H]7CC8C([C@@H]8C)N7C(=O)c7nc(Cl)cc8c(OC)cccc78)[nH]6)ccc5c4)[nH]3)nc(Cl)cc12. The van der Waals surface area contributed by atoms with Crippen molar-refractivity contribution >= 4 is 67.3 Å². The number of ether oxygens (including phenoxy) is 2. The van der Waals surface area contributed by atoms with Crippen molar-refractivity contribution in [2.24, 2.45) is 23.7 Å². The third-order valence-corrected chi connectivity index (χ3v) is 15.0. The fourth-order valence-electron chi connectivity index (χ4n) is 11.1. The minimum absolute atomic E-state index is 0.102. The number of rotatable bonds is 7. The Morgan fingerprint density at radius 3 is 1.79 bits per heavy atom. The second kappa shape index (κ2) is 15.3. The summed E-state index contributed by atoms with van der Waals surface area (Å²) in [6.45, 7) is 4.39. The van der Waals surface area contributed by atoms with Gasteiger partial charge in [-0.15, -0.1) is 0 Å². The van der Waals surface area contributed by atoms with E-state index in [0.717, 1.165) is 57.0 Å². The van der Waals surface area contributed by atoms with E-state index in [9.17, 15) is 9.59 Å². The first-order chi connectivity index (χ1) is 32.1. The van der Waals surface area contributed by atoms with E-state index >= 15 is 0 Å². The van der Waals surface area contributed by atoms with Gasteiger partial charge in [-0.3, -0.25) is 9.59 Å². The highest BCUT2D eigenvalue weighted by Crippen LogP contribution is 2.59. The number of likely N-dealkylation sites (tertiary alicyclic amines) is 2. The van der Waals surface area contributed by atoms with Crippen LogP contribution in [0.4, 0.5) is 0 Å². The number of carbonyl (C=O) groups is 2. The van der Waals surface area contributed by atoms with Gasteiger partial charge in [0.2, 0.25) is 0 Å². The average Bonchev–Trinajstić information content (AvgIpc) is 3.78. The summed E-state index contributed by atoms with van der Waals surface area (Å²) in [5, 5.41) is 5.48. The summed E-state index contributed by atoms with van der Waals surface area (Å²) >= 11 is 13.0. The fourth-order valence-corrected chi connectivity index (χ4v) is 11.5. The van der Waals surface area contributed by atoms with Crippen LogP contribution in [0.1, 0.15) is 82.7 Å². The molecule has 6 heterocycles. The van der Waals surface area contributed by atoms with E-state index < -0.39 is 0 Å². The number of benzene rings is 4. The van der Waals surface area contributed by atoms with Gasteiger partial charge in [0.1, 0.15) is 50.5 Å². The number of imidazole rings is 2. The van der Waals surface area contributed by atoms with Crippen molar-refractivity contribution in [3.8, 4) is 34.6 Å². The molecule has 12 nitrogen and oxygen atoms in total. The lowest BCUT2D eigenvalue weighted by Crippen LogP contribution is -2.36. The number of hydrogen-bond acceptors (Lipinski definition) is 8. The predicted octanol–water partition coefficient (Wildman–Crippen LogP) is 10.2.